The third kappa shape index (κ3) is 4.94. The third-order valence-corrected chi connectivity index (χ3v) is 10.8. The number of carboxylic acids is 1. The predicted octanol–water partition coefficient (Wildman–Crippen LogP) is 6.19. The summed E-state index contributed by atoms with van der Waals surface area (Å²) in [6, 6.07) is 0.446. The van der Waals surface area contributed by atoms with Gasteiger partial charge in [0.1, 0.15) is 0 Å². The lowest BCUT2D eigenvalue weighted by Crippen LogP contribution is -2.51. The van der Waals surface area contributed by atoms with Gasteiger partial charge in [-0.15, -0.1) is 0 Å². The first-order valence-electron chi connectivity index (χ1n) is 13.8. The Balaban J connectivity index is 1.43. The summed E-state index contributed by atoms with van der Waals surface area (Å²) >= 11 is 0. The molecule has 0 radical (unpaired) electrons. The number of carboxylic acid groups (broad SMARTS) is 1. The molecule has 4 rings (SSSR count). The van der Waals surface area contributed by atoms with Gasteiger partial charge in [-0.25, -0.2) is 0 Å². The van der Waals surface area contributed by atoms with Crippen LogP contribution in [0.25, 0.3) is 0 Å². The van der Waals surface area contributed by atoms with Crippen LogP contribution in [0.5, 0.6) is 0 Å². The van der Waals surface area contributed by atoms with Crippen molar-refractivity contribution in [2.24, 2.45) is 40.4 Å². The number of rotatable bonds is 8. The number of nitrogens with one attached hydrogen (secondary N) is 1. The molecule has 4 heteroatoms. The van der Waals surface area contributed by atoms with Crippen molar-refractivity contribution >= 4 is 5.97 Å². The van der Waals surface area contributed by atoms with Gasteiger partial charge in [0.15, 0.2) is 0 Å². The summed E-state index contributed by atoms with van der Waals surface area (Å²) in [6.45, 7) is 12.1. The highest BCUT2D eigenvalue weighted by Crippen LogP contribution is 2.67. The Kier molecular flexibility index (Phi) is 7.11. The number of hydrogen-bond donors (Lipinski definition) is 3. The molecule has 4 aliphatic rings. The molecule has 3 N–H and O–H groups in total. The Hall–Kier alpha value is -0.870. The molecule has 0 heterocycles. The fraction of sp³-hybridized carbons (Fsp3) is 0.897. The van der Waals surface area contributed by atoms with Gasteiger partial charge in [-0.3, -0.25) is 4.79 Å². The van der Waals surface area contributed by atoms with Gasteiger partial charge in [-0.05, 0) is 118 Å². The van der Waals surface area contributed by atoms with Gasteiger partial charge in [-0.2, -0.15) is 0 Å². The molecule has 0 aromatic rings. The minimum atomic E-state index is -0.711. The molecule has 8 atom stereocenters. The smallest absolute Gasteiger partial charge is 0.304 e. The van der Waals surface area contributed by atoms with Crippen LogP contribution < -0.4 is 5.32 Å². The lowest BCUT2D eigenvalue weighted by molar-refractivity contribution is -0.136. The van der Waals surface area contributed by atoms with E-state index in [2.05, 4.69) is 32.2 Å². The van der Waals surface area contributed by atoms with Crippen molar-refractivity contribution in [3.63, 3.8) is 0 Å². The van der Waals surface area contributed by atoms with Gasteiger partial charge in [0.25, 0.3) is 0 Å². The molecule has 0 bridgehead atoms. The first-order chi connectivity index (χ1) is 15.4. The van der Waals surface area contributed by atoms with Gasteiger partial charge in [-0.1, -0.05) is 32.4 Å². The zero-order valence-electron chi connectivity index (χ0n) is 21.8. The lowest BCUT2D eigenvalue weighted by Gasteiger charge is -2.58. The Morgan fingerprint density at radius 3 is 2.64 bits per heavy atom. The Morgan fingerprint density at radius 1 is 1.18 bits per heavy atom. The number of aliphatic carboxylic acids is 1. The van der Waals surface area contributed by atoms with Crippen LogP contribution in [0, 0.1) is 40.4 Å². The maximum atomic E-state index is 10.9. The summed E-state index contributed by atoms with van der Waals surface area (Å²) < 4.78 is 0. The summed E-state index contributed by atoms with van der Waals surface area (Å²) in [5, 5.41) is 22.7. The van der Waals surface area contributed by atoms with Crippen molar-refractivity contribution in [2.75, 3.05) is 6.54 Å². The third-order valence-electron chi connectivity index (χ3n) is 10.8. The molecule has 4 aliphatic carbocycles. The normalized spacial score (nSPS) is 41.5. The molecule has 0 spiro atoms. The van der Waals surface area contributed by atoms with E-state index >= 15 is 0 Å². The zero-order chi connectivity index (χ0) is 24.0. The minimum Gasteiger partial charge on any atom is -0.481 e. The zero-order valence-corrected chi connectivity index (χ0v) is 21.8. The van der Waals surface area contributed by atoms with Crippen LogP contribution >= 0.6 is 0 Å². The molecule has 0 amide bonds. The van der Waals surface area contributed by atoms with Crippen LogP contribution in [0.2, 0.25) is 0 Å². The van der Waals surface area contributed by atoms with Crippen LogP contribution in [-0.4, -0.2) is 34.4 Å². The molecule has 0 aromatic carbocycles. The summed E-state index contributed by atoms with van der Waals surface area (Å²) in [6.07, 6.45) is 15.2. The van der Waals surface area contributed by atoms with E-state index in [0.29, 0.717) is 29.3 Å². The second-order valence-corrected chi connectivity index (χ2v) is 13.4. The minimum absolute atomic E-state index is 0.215. The largest absolute Gasteiger partial charge is 0.481 e. The van der Waals surface area contributed by atoms with Crippen molar-refractivity contribution < 1.29 is 15.0 Å². The standard InChI is InChI=1S/C29H49NO3/c1-19(10-14-27(2,3)33)23-8-9-24-22-7-6-20-18-21(30-17-13-26(31)32)11-15-28(20,4)25(22)12-16-29(23,24)5/h6,19,21-25,30,33H,7-18H2,1-5H3,(H,31,32)/t19?,21-,22?,23+,24?,25?,28-,29+/m0/s1. The van der Waals surface area contributed by atoms with Crippen molar-refractivity contribution in [1.29, 1.82) is 0 Å². The van der Waals surface area contributed by atoms with E-state index in [1.165, 1.54) is 44.9 Å². The summed E-state index contributed by atoms with van der Waals surface area (Å²) in [5.74, 6) is 3.30. The van der Waals surface area contributed by atoms with Crippen molar-refractivity contribution in [3.05, 3.63) is 11.6 Å². The highest BCUT2D eigenvalue weighted by molar-refractivity contribution is 5.66. The molecule has 4 nitrogen and oxygen atoms in total. The van der Waals surface area contributed by atoms with Crippen LogP contribution in [-0.2, 0) is 4.79 Å². The van der Waals surface area contributed by atoms with E-state index in [1.807, 2.05) is 13.8 Å². The lowest BCUT2D eigenvalue weighted by atomic mass is 9.47. The van der Waals surface area contributed by atoms with Crippen LogP contribution in [0.1, 0.15) is 105 Å². The van der Waals surface area contributed by atoms with E-state index < -0.39 is 11.6 Å². The highest BCUT2D eigenvalue weighted by atomic mass is 16.4. The maximum Gasteiger partial charge on any atom is 0.304 e. The molecule has 0 aromatic heterocycles. The van der Waals surface area contributed by atoms with Gasteiger partial charge in [0.2, 0.25) is 0 Å². The quantitative estimate of drug-likeness (QED) is 0.379. The van der Waals surface area contributed by atoms with Crippen molar-refractivity contribution in [3.8, 4) is 0 Å². The van der Waals surface area contributed by atoms with Crippen LogP contribution in [0.4, 0.5) is 0 Å². The second kappa shape index (κ2) is 9.30. The highest BCUT2D eigenvalue weighted by Gasteiger charge is 2.59. The molecule has 0 saturated heterocycles. The van der Waals surface area contributed by atoms with Crippen molar-refractivity contribution in [2.45, 2.75) is 117 Å². The van der Waals surface area contributed by atoms with E-state index in [-0.39, 0.29) is 6.42 Å². The Labute approximate surface area is 202 Å². The average Bonchev–Trinajstić information content (AvgIpc) is 3.08. The summed E-state index contributed by atoms with van der Waals surface area (Å²) in [5.41, 5.74) is 1.93. The first-order valence-corrected chi connectivity index (χ1v) is 13.8. The van der Waals surface area contributed by atoms with Crippen LogP contribution in [0.15, 0.2) is 11.6 Å². The van der Waals surface area contributed by atoms with Crippen molar-refractivity contribution in [1.82, 2.24) is 5.32 Å². The molecule has 3 fully saturated rings. The van der Waals surface area contributed by atoms with Gasteiger partial charge >= 0.3 is 5.97 Å². The molecular weight excluding hydrogens is 410 g/mol. The summed E-state index contributed by atoms with van der Waals surface area (Å²) in [7, 11) is 0. The molecule has 3 saturated carbocycles. The molecule has 4 unspecified atom stereocenters. The van der Waals surface area contributed by atoms with E-state index in [4.69, 9.17) is 5.11 Å². The SMILES string of the molecule is CC(CCC(C)(C)O)[C@H]1CCC2C3CC=C4C[C@@H](NCCC(=O)O)CC[C@]4(C)C3CC[C@@]21C. The first kappa shape index (κ1) is 25.2. The average molecular weight is 460 g/mol. The maximum absolute atomic E-state index is 10.9. The Morgan fingerprint density at radius 2 is 1.94 bits per heavy atom. The molecule has 188 valence electrons. The summed E-state index contributed by atoms with van der Waals surface area (Å²) in [4.78, 5) is 10.9. The van der Waals surface area contributed by atoms with Gasteiger partial charge in [0, 0.05) is 12.6 Å². The number of aliphatic hydroxyl groups is 1. The molecule has 0 aliphatic heterocycles. The number of carbonyl (C=O) groups is 1. The molecular formula is C29H49NO3. The van der Waals surface area contributed by atoms with E-state index in [9.17, 15) is 9.90 Å². The van der Waals surface area contributed by atoms with Gasteiger partial charge < -0.3 is 15.5 Å². The fourth-order valence-corrected chi connectivity index (χ4v) is 8.98. The second-order valence-electron chi connectivity index (χ2n) is 13.4. The fourth-order valence-electron chi connectivity index (χ4n) is 8.98. The number of hydrogen-bond acceptors (Lipinski definition) is 3. The van der Waals surface area contributed by atoms with E-state index in [0.717, 1.165) is 42.9 Å². The van der Waals surface area contributed by atoms with Crippen LogP contribution in [0.3, 0.4) is 0 Å². The van der Waals surface area contributed by atoms with E-state index in [1.54, 1.807) is 5.57 Å². The predicted molar refractivity (Wildman–Crippen MR) is 134 cm³/mol. The monoisotopic (exact) mass is 459 g/mol. The Bertz CT molecular complexity index is 754. The number of fused-ring (bicyclic) bond motifs is 5. The molecule has 33 heavy (non-hydrogen) atoms. The number of allylic oxidation sites excluding steroid dienone is 1. The topological polar surface area (TPSA) is 69.6 Å². The van der Waals surface area contributed by atoms with Gasteiger partial charge in [0.05, 0.1) is 12.0 Å².